The van der Waals surface area contributed by atoms with Crippen LogP contribution in [0.3, 0.4) is 0 Å². The van der Waals surface area contributed by atoms with Gasteiger partial charge in [-0.3, -0.25) is 0 Å². The van der Waals surface area contributed by atoms with Gasteiger partial charge in [0.05, 0.1) is 0 Å². The normalized spacial score (nSPS) is 10.7. The topological polar surface area (TPSA) is 40.5 Å². The number of aryl methyl sites for hydroxylation is 1. The molecule has 0 spiro atoms. The van der Waals surface area contributed by atoms with Gasteiger partial charge < -0.3 is 10.2 Å². The van der Waals surface area contributed by atoms with Crippen LogP contribution >= 0.6 is 0 Å². The molecule has 106 valence electrons. The molecule has 0 atom stereocenters. The molecule has 2 heteroatoms. The molecule has 0 aliphatic heterocycles. The maximum atomic E-state index is 10.3. The molecular formula is C18H22O2. The number of benzene rings is 2. The maximum Gasteiger partial charge on any atom is 0.165 e. The van der Waals surface area contributed by atoms with Gasteiger partial charge in [0.15, 0.2) is 11.5 Å². The van der Waals surface area contributed by atoms with Crippen LogP contribution in [0.25, 0.3) is 11.1 Å². The zero-order chi connectivity index (χ0) is 14.5. The minimum absolute atomic E-state index is 0.000460. The Kier molecular flexibility index (Phi) is 4.67. The quantitative estimate of drug-likeness (QED) is 0.775. The van der Waals surface area contributed by atoms with E-state index in [1.54, 1.807) is 6.07 Å². The van der Waals surface area contributed by atoms with E-state index in [1.165, 1.54) is 0 Å². The smallest absolute Gasteiger partial charge is 0.165 e. The van der Waals surface area contributed by atoms with Gasteiger partial charge in [-0.05, 0) is 35.6 Å². The van der Waals surface area contributed by atoms with E-state index >= 15 is 0 Å². The molecule has 0 saturated carbocycles. The average molecular weight is 270 g/mol. The molecule has 0 fully saturated rings. The summed E-state index contributed by atoms with van der Waals surface area (Å²) in [5.74, 6) is -0.0216. The van der Waals surface area contributed by atoms with Gasteiger partial charge in [-0.2, -0.15) is 0 Å². The molecule has 2 aromatic carbocycles. The lowest BCUT2D eigenvalue weighted by Crippen LogP contribution is -1.98. The third kappa shape index (κ3) is 2.79. The van der Waals surface area contributed by atoms with Gasteiger partial charge in [0.2, 0.25) is 0 Å². The SMILES string of the molecule is CCCc1cc(O)c(O)c(-c2ccccc2)c1CCC. The predicted octanol–water partition coefficient (Wildman–Crippen LogP) is 4.67. The van der Waals surface area contributed by atoms with Crippen molar-refractivity contribution in [2.45, 2.75) is 39.5 Å². The molecule has 2 nitrogen and oxygen atoms in total. The Labute approximate surface area is 120 Å². The molecule has 0 amide bonds. The van der Waals surface area contributed by atoms with Gasteiger partial charge in [0.25, 0.3) is 0 Å². The predicted molar refractivity (Wildman–Crippen MR) is 83.2 cm³/mol. The van der Waals surface area contributed by atoms with E-state index < -0.39 is 0 Å². The van der Waals surface area contributed by atoms with E-state index in [-0.39, 0.29) is 11.5 Å². The van der Waals surface area contributed by atoms with Crippen LogP contribution in [0.5, 0.6) is 11.5 Å². The number of phenols is 2. The summed E-state index contributed by atoms with van der Waals surface area (Å²) in [7, 11) is 0. The highest BCUT2D eigenvalue weighted by Crippen LogP contribution is 2.42. The summed E-state index contributed by atoms with van der Waals surface area (Å²) in [5, 5.41) is 20.3. The third-order valence-corrected chi connectivity index (χ3v) is 3.56. The van der Waals surface area contributed by atoms with Gasteiger partial charge >= 0.3 is 0 Å². The fraction of sp³-hybridized carbons (Fsp3) is 0.333. The van der Waals surface area contributed by atoms with Crippen molar-refractivity contribution in [2.24, 2.45) is 0 Å². The summed E-state index contributed by atoms with van der Waals surface area (Å²) in [6.07, 6.45) is 3.87. The second-order valence-electron chi connectivity index (χ2n) is 5.12. The second-order valence-corrected chi connectivity index (χ2v) is 5.12. The largest absolute Gasteiger partial charge is 0.504 e. The summed E-state index contributed by atoms with van der Waals surface area (Å²) >= 11 is 0. The molecule has 0 aliphatic rings. The molecule has 0 aliphatic carbocycles. The van der Waals surface area contributed by atoms with Crippen LogP contribution in [-0.4, -0.2) is 10.2 Å². The number of phenolic OH excluding ortho intramolecular Hbond substituents is 2. The zero-order valence-corrected chi connectivity index (χ0v) is 12.2. The Hall–Kier alpha value is -1.96. The molecule has 0 unspecified atom stereocenters. The third-order valence-electron chi connectivity index (χ3n) is 3.56. The number of aromatic hydroxyl groups is 2. The first-order valence-electron chi connectivity index (χ1n) is 7.31. The van der Waals surface area contributed by atoms with Crippen molar-refractivity contribution in [1.82, 2.24) is 0 Å². The molecule has 0 saturated heterocycles. The van der Waals surface area contributed by atoms with Crippen LogP contribution in [0.1, 0.15) is 37.8 Å². The van der Waals surface area contributed by atoms with Crippen molar-refractivity contribution >= 4 is 0 Å². The molecule has 0 aromatic heterocycles. The van der Waals surface area contributed by atoms with E-state index in [0.29, 0.717) is 0 Å². The Morgan fingerprint density at radius 2 is 1.55 bits per heavy atom. The molecule has 0 bridgehead atoms. The Morgan fingerprint density at radius 3 is 2.15 bits per heavy atom. The lowest BCUT2D eigenvalue weighted by Gasteiger charge is -2.17. The van der Waals surface area contributed by atoms with Gasteiger partial charge in [-0.15, -0.1) is 0 Å². The van der Waals surface area contributed by atoms with Crippen LogP contribution in [0.15, 0.2) is 36.4 Å². The summed E-state index contributed by atoms with van der Waals surface area (Å²) in [6, 6.07) is 11.5. The van der Waals surface area contributed by atoms with Crippen LogP contribution < -0.4 is 0 Å². The Morgan fingerprint density at radius 1 is 0.900 bits per heavy atom. The van der Waals surface area contributed by atoms with Crippen LogP contribution in [0.2, 0.25) is 0 Å². The van der Waals surface area contributed by atoms with E-state index in [9.17, 15) is 10.2 Å². The van der Waals surface area contributed by atoms with E-state index in [4.69, 9.17) is 0 Å². The minimum atomic E-state index is -0.0212. The highest BCUT2D eigenvalue weighted by atomic mass is 16.3. The van der Waals surface area contributed by atoms with Crippen LogP contribution in [-0.2, 0) is 12.8 Å². The monoisotopic (exact) mass is 270 g/mol. The summed E-state index contributed by atoms with van der Waals surface area (Å²) < 4.78 is 0. The number of hydrogen-bond donors (Lipinski definition) is 2. The van der Waals surface area contributed by atoms with Gasteiger partial charge in [-0.1, -0.05) is 57.0 Å². The zero-order valence-electron chi connectivity index (χ0n) is 12.2. The van der Waals surface area contributed by atoms with Crippen LogP contribution in [0, 0.1) is 0 Å². The average Bonchev–Trinajstić information content (AvgIpc) is 2.46. The van der Waals surface area contributed by atoms with Gasteiger partial charge in [-0.25, -0.2) is 0 Å². The molecule has 0 radical (unpaired) electrons. The Bertz CT molecular complexity index is 574. The minimum Gasteiger partial charge on any atom is -0.504 e. The highest BCUT2D eigenvalue weighted by Gasteiger charge is 2.17. The number of rotatable bonds is 5. The van der Waals surface area contributed by atoms with Crippen molar-refractivity contribution in [3.8, 4) is 22.6 Å². The van der Waals surface area contributed by atoms with Crippen molar-refractivity contribution in [3.05, 3.63) is 47.5 Å². The maximum absolute atomic E-state index is 10.3. The van der Waals surface area contributed by atoms with E-state index in [1.807, 2.05) is 30.3 Å². The first kappa shape index (κ1) is 14.4. The fourth-order valence-electron chi connectivity index (χ4n) is 2.70. The lowest BCUT2D eigenvalue weighted by molar-refractivity contribution is 0.404. The van der Waals surface area contributed by atoms with Crippen molar-refractivity contribution in [3.63, 3.8) is 0 Å². The molecule has 20 heavy (non-hydrogen) atoms. The van der Waals surface area contributed by atoms with Gasteiger partial charge in [0.1, 0.15) is 0 Å². The Balaban J connectivity index is 2.68. The first-order valence-corrected chi connectivity index (χ1v) is 7.31. The number of hydrogen-bond acceptors (Lipinski definition) is 2. The molecular weight excluding hydrogens is 248 g/mol. The summed E-state index contributed by atoms with van der Waals surface area (Å²) in [6.45, 7) is 4.26. The second kappa shape index (κ2) is 6.47. The van der Waals surface area contributed by atoms with Crippen LogP contribution in [0.4, 0.5) is 0 Å². The highest BCUT2D eigenvalue weighted by molar-refractivity contribution is 5.78. The summed E-state index contributed by atoms with van der Waals surface area (Å²) in [5.41, 5.74) is 4.05. The van der Waals surface area contributed by atoms with Gasteiger partial charge in [0, 0.05) is 5.56 Å². The standard InChI is InChI=1S/C18H22O2/c1-3-8-14-12-16(19)18(20)17(15(14)9-4-2)13-10-6-5-7-11-13/h5-7,10-12,19-20H,3-4,8-9H2,1-2H3. The van der Waals surface area contributed by atoms with Crippen molar-refractivity contribution < 1.29 is 10.2 Å². The summed E-state index contributed by atoms with van der Waals surface area (Å²) in [4.78, 5) is 0. The molecule has 2 rings (SSSR count). The van der Waals surface area contributed by atoms with E-state index in [0.717, 1.165) is 47.9 Å². The lowest BCUT2D eigenvalue weighted by atomic mass is 9.89. The van der Waals surface area contributed by atoms with Crippen molar-refractivity contribution in [1.29, 1.82) is 0 Å². The molecule has 2 aromatic rings. The first-order chi connectivity index (χ1) is 9.69. The molecule has 0 heterocycles. The fourth-order valence-corrected chi connectivity index (χ4v) is 2.70. The molecule has 2 N–H and O–H groups in total. The van der Waals surface area contributed by atoms with E-state index in [2.05, 4.69) is 13.8 Å². The van der Waals surface area contributed by atoms with Crippen molar-refractivity contribution in [2.75, 3.05) is 0 Å².